The van der Waals surface area contributed by atoms with Crippen molar-refractivity contribution >= 4 is 10.0 Å². The van der Waals surface area contributed by atoms with Crippen LogP contribution in [0, 0.1) is 6.92 Å². The van der Waals surface area contributed by atoms with Crippen LogP contribution in [0.5, 0.6) is 0 Å². The summed E-state index contributed by atoms with van der Waals surface area (Å²) in [6.45, 7) is 2.26. The molecular weight excluding hydrogens is 282 g/mol. The average Bonchev–Trinajstić information content (AvgIpc) is 2.95. The average molecular weight is 299 g/mol. The van der Waals surface area contributed by atoms with Crippen LogP contribution in [0.2, 0.25) is 0 Å². The van der Waals surface area contributed by atoms with E-state index in [1.54, 1.807) is 25.6 Å². The summed E-state index contributed by atoms with van der Waals surface area (Å²) in [5.74, 6) is 0.524. The lowest BCUT2D eigenvalue weighted by atomic mass is 10.3. The number of hydrogen-bond acceptors (Lipinski definition) is 6. The van der Waals surface area contributed by atoms with Crippen molar-refractivity contribution < 1.29 is 8.42 Å². The Kier molecular flexibility index (Phi) is 4.16. The number of rotatable bonds is 6. The van der Waals surface area contributed by atoms with Crippen LogP contribution in [-0.4, -0.2) is 40.4 Å². The fourth-order valence-corrected chi connectivity index (χ4v) is 2.90. The van der Waals surface area contributed by atoms with Gasteiger partial charge >= 0.3 is 0 Å². The van der Waals surface area contributed by atoms with Crippen molar-refractivity contribution in [1.29, 1.82) is 0 Å². The summed E-state index contributed by atoms with van der Waals surface area (Å²) in [7, 11) is -0.208. The van der Waals surface area contributed by atoms with Crippen molar-refractivity contribution in [2.24, 2.45) is 7.05 Å². The van der Waals surface area contributed by atoms with Gasteiger partial charge in [-0.1, -0.05) is 0 Å². The quantitative estimate of drug-likeness (QED) is 0.632. The lowest BCUT2D eigenvalue weighted by Crippen LogP contribution is -2.26. The van der Waals surface area contributed by atoms with Crippen molar-refractivity contribution in [3.8, 4) is 0 Å². The number of H-pyrrole nitrogens is 1. The number of nitrogens with one attached hydrogen (secondary N) is 3. The van der Waals surface area contributed by atoms with Crippen LogP contribution in [0.1, 0.15) is 17.1 Å². The van der Waals surface area contributed by atoms with Gasteiger partial charge in [0.25, 0.3) is 10.0 Å². The molecule has 0 radical (unpaired) electrons. The smallest absolute Gasteiger partial charge is 0.260 e. The molecule has 0 saturated heterocycles. The van der Waals surface area contributed by atoms with Crippen molar-refractivity contribution in [2.45, 2.75) is 25.0 Å². The lowest BCUT2D eigenvalue weighted by molar-refractivity contribution is 0.571. The Morgan fingerprint density at radius 1 is 1.40 bits per heavy atom. The highest BCUT2D eigenvalue weighted by molar-refractivity contribution is 7.89. The summed E-state index contributed by atoms with van der Waals surface area (Å²) in [5.41, 5.74) is 1.34. The van der Waals surface area contributed by atoms with Crippen LogP contribution >= 0.6 is 0 Å². The second kappa shape index (κ2) is 5.69. The van der Waals surface area contributed by atoms with Gasteiger partial charge in [0.2, 0.25) is 0 Å². The van der Waals surface area contributed by atoms with Gasteiger partial charge in [-0.3, -0.25) is 5.10 Å². The Labute approximate surface area is 116 Å². The van der Waals surface area contributed by atoms with Gasteiger partial charge in [-0.15, -0.1) is 10.2 Å². The zero-order chi connectivity index (χ0) is 14.8. The first-order valence-corrected chi connectivity index (χ1v) is 7.45. The van der Waals surface area contributed by atoms with Crippen LogP contribution in [0.15, 0.2) is 11.4 Å². The first-order valence-electron chi connectivity index (χ1n) is 5.96. The zero-order valence-electron chi connectivity index (χ0n) is 11.5. The summed E-state index contributed by atoms with van der Waals surface area (Å²) in [6.07, 6.45) is 1.51. The number of aryl methyl sites for hydroxylation is 2. The molecule has 9 nitrogen and oxygen atoms in total. The van der Waals surface area contributed by atoms with Crippen molar-refractivity contribution in [3.05, 3.63) is 23.4 Å². The summed E-state index contributed by atoms with van der Waals surface area (Å²) < 4.78 is 28.7. The first-order chi connectivity index (χ1) is 9.45. The molecule has 0 aliphatic heterocycles. The molecule has 20 heavy (non-hydrogen) atoms. The van der Waals surface area contributed by atoms with Crippen LogP contribution in [0.3, 0.4) is 0 Å². The van der Waals surface area contributed by atoms with E-state index in [4.69, 9.17) is 0 Å². The van der Waals surface area contributed by atoms with Crippen LogP contribution in [0.4, 0.5) is 0 Å². The number of aromatic amines is 1. The Hall–Kier alpha value is -1.78. The molecule has 0 spiro atoms. The van der Waals surface area contributed by atoms with Gasteiger partial charge in [0.1, 0.15) is 12.2 Å². The largest absolute Gasteiger partial charge is 0.320 e. The molecule has 2 rings (SSSR count). The molecule has 0 aliphatic rings. The third-order valence-electron chi connectivity index (χ3n) is 2.87. The molecule has 0 aliphatic carbocycles. The lowest BCUT2D eigenvalue weighted by Gasteiger charge is -2.06. The van der Waals surface area contributed by atoms with Gasteiger partial charge in [-0.05, 0) is 14.0 Å². The molecule has 0 bridgehead atoms. The van der Waals surface area contributed by atoms with E-state index in [1.807, 2.05) is 0 Å². The third kappa shape index (κ3) is 2.86. The number of sulfonamides is 1. The standard InChI is InChI=1S/C10H17N7O2S/c1-7-8(4-11-2)10(16-14-7)20(18,19)13-5-9-15-12-6-17(9)3/h6,11,13H,4-5H2,1-3H3,(H,14,16). The second-order valence-corrected chi connectivity index (χ2v) is 6.03. The highest BCUT2D eigenvalue weighted by Crippen LogP contribution is 2.15. The minimum absolute atomic E-state index is 0.00604. The van der Waals surface area contributed by atoms with Crippen LogP contribution in [-0.2, 0) is 30.2 Å². The fourth-order valence-electron chi connectivity index (χ4n) is 1.73. The Morgan fingerprint density at radius 2 is 2.15 bits per heavy atom. The second-order valence-electron chi connectivity index (χ2n) is 4.35. The molecule has 110 valence electrons. The number of aromatic nitrogens is 5. The molecule has 2 aromatic rings. The molecule has 10 heteroatoms. The SMILES string of the molecule is CNCc1c(S(=O)(=O)NCc2nncn2C)n[nH]c1C. The van der Waals surface area contributed by atoms with Gasteiger partial charge < -0.3 is 9.88 Å². The van der Waals surface area contributed by atoms with E-state index in [-0.39, 0.29) is 11.6 Å². The molecule has 0 fully saturated rings. The van der Waals surface area contributed by atoms with Crippen molar-refractivity contribution in [2.75, 3.05) is 7.05 Å². The molecule has 0 atom stereocenters. The topological polar surface area (TPSA) is 118 Å². The van der Waals surface area contributed by atoms with Gasteiger partial charge in [-0.2, -0.15) is 5.10 Å². The van der Waals surface area contributed by atoms with E-state index >= 15 is 0 Å². The van der Waals surface area contributed by atoms with E-state index in [2.05, 4.69) is 30.4 Å². The Balaban J connectivity index is 2.20. The van der Waals surface area contributed by atoms with Gasteiger partial charge in [0.05, 0.1) is 6.54 Å². The summed E-state index contributed by atoms with van der Waals surface area (Å²) in [4.78, 5) is 0. The minimum Gasteiger partial charge on any atom is -0.320 e. The highest BCUT2D eigenvalue weighted by Gasteiger charge is 2.23. The molecule has 0 aromatic carbocycles. The Bertz CT molecular complexity index is 688. The normalized spacial score (nSPS) is 11.9. The maximum Gasteiger partial charge on any atom is 0.260 e. The van der Waals surface area contributed by atoms with Crippen molar-refractivity contribution in [1.82, 2.24) is 35.0 Å². The molecular formula is C10H17N7O2S. The molecule has 3 N–H and O–H groups in total. The van der Waals surface area contributed by atoms with E-state index in [0.717, 1.165) is 5.69 Å². The summed E-state index contributed by atoms with van der Waals surface area (Å²) in [5, 5.41) is 17.0. The van der Waals surface area contributed by atoms with Gasteiger partial charge in [-0.25, -0.2) is 13.1 Å². The van der Waals surface area contributed by atoms with Gasteiger partial charge in [0, 0.05) is 24.8 Å². The molecule has 0 amide bonds. The zero-order valence-corrected chi connectivity index (χ0v) is 12.3. The predicted molar refractivity (Wildman–Crippen MR) is 71.1 cm³/mol. The van der Waals surface area contributed by atoms with E-state index in [1.165, 1.54) is 6.33 Å². The molecule has 0 unspecified atom stereocenters. The van der Waals surface area contributed by atoms with Crippen LogP contribution < -0.4 is 10.0 Å². The van der Waals surface area contributed by atoms with E-state index in [0.29, 0.717) is 17.9 Å². The number of nitrogens with zero attached hydrogens (tertiary/aromatic N) is 4. The van der Waals surface area contributed by atoms with Crippen LogP contribution in [0.25, 0.3) is 0 Å². The molecule has 0 saturated carbocycles. The van der Waals surface area contributed by atoms with E-state index < -0.39 is 10.0 Å². The molecule has 2 heterocycles. The van der Waals surface area contributed by atoms with E-state index in [9.17, 15) is 8.42 Å². The Morgan fingerprint density at radius 3 is 2.75 bits per heavy atom. The predicted octanol–water partition coefficient (Wildman–Crippen LogP) is -0.955. The molecule has 2 aromatic heterocycles. The third-order valence-corrected chi connectivity index (χ3v) is 4.24. The fraction of sp³-hybridized carbons (Fsp3) is 0.500. The minimum atomic E-state index is -3.70. The monoisotopic (exact) mass is 299 g/mol. The van der Waals surface area contributed by atoms with Crippen molar-refractivity contribution in [3.63, 3.8) is 0 Å². The number of hydrogen-bond donors (Lipinski definition) is 3. The van der Waals surface area contributed by atoms with Gasteiger partial charge in [0.15, 0.2) is 5.03 Å². The highest BCUT2D eigenvalue weighted by atomic mass is 32.2. The summed E-state index contributed by atoms with van der Waals surface area (Å²) in [6, 6.07) is 0. The maximum absolute atomic E-state index is 12.3. The summed E-state index contributed by atoms with van der Waals surface area (Å²) >= 11 is 0. The first kappa shape index (κ1) is 14.6. The maximum atomic E-state index is 12.3.